The predicted molar refractivity (Wildman–Crippen MR) is 81.2 cm³/mol. The second kappa shape index (κ2) is 5.66. The van der Waals surface area contributed by atoms with E-state index in [0.717, 1.165) is 16.5 Å². The first kappa shape index (κ1) is 13.2. The Labute approximate surface area is 122 Å². The van der Waals surface area contributed by atoms with Crippen molar-refractivity contribution in [2.75, 3.05) is 12.4 Å². The molecule has 1 aromatic carbocycles. The summed E-state index contributed by atoms with van der Waals surface area (Å²) >= 11 is 0. The second-order valence-corrected chi connectivity index (χ2v) is 4.64. The Morgan fingerprint density at radius 2 is 2.14 bits per heavy atom. The molecule has 21 heavy (non-hydrogen) atoms. The average Bonchev–Trinajstić information content (AvgIpc) is 3.05. The zero-order valence-electron chi connectivity index (χ0n) is 11.6. The van der Waals surface area contributed by atoms with Crippen LogP contribution in [0.25, 0.3) is 10.9 Å². The van der Waals surface area contributed by atoms with Crippen molar-refractivity contribution in [2.45, 2.75) is 6.54 Å². The van der Waals surface area contributed by atoms with Gasteiger partial charge in [0.15, 0.2) is 0 Å². The van der Waals surface area contributed by atoms with Gasteiger partial charge in [-0.2, -0.15) is 0 Å². The molecule has 0 unspecified atom stereocenters. The Morgan fingerprint density at radius 1 is 1.29 bits per heavy atom. The third-order valence-electron chi connectivity index (χ3n) is 3.25. The number of amides is 1. The smallest absolute Gasteiger partial charge is 0.252 e. The molecule has 0 aliphatic carbocycles. The van der Waals surface area contributed by atoms with Crippen LogP contribution in [0.4, 0.5) is 5.82 Å². The number of aromatic nitrogens is 1. The number of furan rings is 1. The van der Waals surface area contributed by atoms with Crippen molar-refractivity contribution in [3.8, 4) is 0 Å². The normalized spacial score (nSPS) is 10.5. The third kappa shape index (κ3) is 2.72. The number of para-hydroxylation sites is 1. The molecule has 2 heterocycles. The van der Waals surface area contributed by atoms with Gasteiger partial charge in [0.1, 0.15) is 5.82 Å². The quantitative estimate of drug-likeness (QED) is 0.771. The number of carbonyl (C=O) groups excluding carboxylic acids is 1. The minimum atomic E-state index is -0.133. The maximum absolute atomic E-state index is 12.4. The molecule has 0 saturated heterocycles. The maximum Gasteiger partial charge on any atom is 0.252 e. The monoisotopic (exact) mass is 281 g/mol. The molecule has 0 saturated carbocycles. The summed E-state index contributed by atoms with van der Waals surface area (Å²) in [6.07, 6.45) is 3.20. The molecule has 1 amide bonds. The van der Waals surface area contributed by atoms with E-state index in [0.29, 0.717) is 17.9 Å². The van der Waals surface area contributed by atoms with Crippen molar-refractivity contribution in [3.05, 3.63) is 60.1 Å². The van der Waals surface area contributed by atoms with Gasteiger partial charge in [-0.1, -0.05) is 18.2 Å². The van der Waals surface area contributed by atoms with Crippen LogP contribution in [0.3, 0.4) is 0 Å². The summed E-state index contributed by atoms with van der Waals surface area (Å²) in [5.41, 5.74) is 2.32. The lowest BCUT2D eigenvalue weighted by Gasteiger charge is -2.09. The highest BCUT2D eigenvalue weighted by Crippen LogP contribution is 2.20. The Kier molecular flexibility index (Phi) is 3.55. The highest BCUT2D eigenvalue weighted by molar-refractivity contribution is 6.06. The molecule has 3 rings (SSSR count). The molecule has 0 atom stereocenters. The van der Waals surface area contributed by atoms with Gasteiger partial charge in [-0.3, -0.25) is 4.79 Å². The number of hydrogen-bond acceptors (Lipinski definition) is 4. The van der Waals surface area contributed by atoms with Crippen molar-refractivity contribution in [1.29, 1.82) is 0 Å². The molecule has 0 radical (unpaired) electrons. The van der Waals surface area contributed by atoms with E-state index in [-0.39, 0.29) is 5.91 Å². The first-order valence-electron chi connectivity index (χ1n) is 6.65. The number of fused-ring (bicyclic) bond motifs is 1. The van der Waals surface area contributed by atoms with Crippen LogP contribution in [0.15, 0.2) is 53.3 Å². The Hall–Kier alpha value is -2.82. The lowest BCUT2D eigenvalue weighted by atomic mass is 10.1. The number of anilines is 1. The summed E-state index contributed by atoms with van der Waals surface area (Å²) in [4.78, 5) is 16.9. The van der Waals surface area contributed by atoms with Gasteiger partial charge in [0.2, 0.25) is 0 Å². The number of nitrogens with one attached hydrogen (secondary N) is 2. The van der Waals surface area contributed by atoms with Crippen LogP contribution in [0.5, 0.6) is 0 Å². The number of nitrogens with zero attached hydrogens (tertiary/aromatic N) is 1. The Bertz CT molecular complexity index is 766. The zero-order chi connectivity index (χ0) is 14.7. The fourth-order valence-electron chi connectivity index (χ4n) is 2.16. The van der Waals surface area contributed by atoms with Gasteiger partial charge in [-0.05, 0) is 18.2 Å². The third-order valence-corrected chi connectivity index (χ3v) is 3.25. The van der Waals surface area contributed by atoms with Gasteiger partial charge in [-0.25, -0.2) is 4.98 Å². The lowest BCUT2D eigenvalue weighted by molar-refractivity contribution is 0.0952. The summed E-state index contributed by atoms with van der Waals surface area (Å²) in [7, 11) is 1.78. The van der Waals surface area contributed by atoms with Crippen LogP contribution in [-0.4, -0.2) is 17.9 Å². The van der Waals surface area contributed by atoms with Crippen LogP contribution in [0.2, 0.25) is 0 Å². The molecule has 106 valence electrons. The van der Waals surface area contributed by atoms with E-state index in [9.17, 15) is 4.79 Å². The molecule has 5 heteroatoms. The summed E-state index contributed by atoms with van der Waals surface area (Å²) in [5, 5.41) is 6.70. The molecule has 0 fully saturated rings. The number of benzene rings is 1. The lowest BCUT2D eigenvalue weighted by Crippen LogP contribution is -2.23. The van der Waals surface area contributed by atoms with Crippen molar-refractivity contribution in [2.24, 2.45) is 0 Å². The SMILES string of the molecule is CNc1cc(C(=O)NCc2ccoc2)c2ccccc2n1. The molecule has 5 nitrogen and oxygen atoms in total. The summed E-state index contributed by atoms with van der Waals surface area (Å²) in [6.45, 7) is 0.431. The summed E-state index contributed by atoms with van der Waals surface area (Å²) < 4.78 is 4.99. The van der Waals surface area contributed by atoms with E-state index in [1.807, 2.05) is 30.3 Å². The van der Waals surface area contributed by atoms with Gasteiger partial charge < -0.3 is 15.1 Å². The Balaban J connectivity index is 1.92. The molecule has 0 bridgehead atoms. The largest absolute Gasteiger partial charge is 0.472 e. The Morgan fingerprint density at radius 3 is 2.90 bits per heavy atom. The molecule has 0 aliphatic rings. The fraction of sp³-hybridized carbons (Fsp3) is 0.125. The summed E-state index contributed by atoms with van der Waals surface area (Å²) in [5.74, 6) is 0.536. The molecule has 3 aromatic rings. The van der Waals surface area contributed by atoms with Gasteiger partial charge in [0, 0.05) is 24.5 Å². The fourth-order valence-corrected chi connectivity index (χ4v) is 2.16. The molecular weight excluding hydrogens is 266 g/mol. The number of rotatable bonds is 4. The zero-order valence-corrected chi connectivity index (χ0v) is 11.6. The predicted octanol–water partition coefficient (Wildman–Crippen LogP) is 2.80. The maximum atomic E-state index is 12.4. The molecule has 2 N–H and O–H groups in total. The van der Waals surface area contributed by atoms with Crippen molar-refractivity contribution < 1.29 is 9.21 Å². The van der Waals surface area contributed by atoms with Gasteiger partial charge in [0.05, 0.1) is 23.6 Å². The van der Waals surface area contributed by atoms with Crippen LogP contribution >= 0.6 is 0 Å². The highest BCUT2D eigenvalue weighted by Gasteiger charge is 2.12. The second-order valence-electron chi connectivity index (χ2n) is 4.64. The minimum absolute atomic E-state index is 0.133. The number of carbonyl (C=O) groups is 1. The molecule has 2 aromatic heterocycles. The van der Waals surface area contributed by atoms with E-state index >= 15 is 0 Å². The summed E-state index contributed by atoms with van der Waals surface area (Å²) in [6, 6.07) is 11.2. The standard InChI is InChI=1S/C16H15N3O2/c1-17-15-8-13(12-4-2-3-5-14(12)19-15)16(20)18-9-11-6-7-21-10-11/h2-8,10H,9H2,1H3,(H,17,19)(H,18,20). The minimum Gasteiger partial charge on any atom is -0.472 e. The highest BCUT2D eigenvalue weighted by atomic mass is 16.3. The van der Waals surface area contributed by atoms with E-state index < -0.39 is 0 Å². The van der Waals surface area contributed by atoms with Crippen LogP contribution < -0.4 is 10.6 Å². The van der Waals surface area contributed by atoms with Crippen LogP contribution in [-0.2, 0) is 6.54 Å². The van der Waals surface area contributed by atoms with Crippen molar-refractivity contribution in [1.82, 2.24) is 10.3 Å². The number of pyridine rings is 1. The molecule has 0 aliphatic heterocycles. The first-order chi connectivity index (χ1) is 10.3. The van der Waals surface area contributed by atoms with Crippen molar-refractivity contribution in [3.63, 3.8) is 0 Å². The van der Waals surface area contributed by atoms with E-state index in [1.165, 1.54) is 0 Å². The van der Waals surface area contributed by atoms with Gasteiger partial charge >= 0.3 is 0 Å². The topological polar surface area (TPSA) is 67.2 Å². The number of hydrogen-bond donors (Lipinski definition) is 2. The van der Waals surface area contributed by atoms with E-state index in [2.05, 4.69) is 15.6 Å². The van der Waals surface area contributed by atoms with Crippen LogP contribution in [0, 0.1) is 0 Å². The van der Waals surface area contributed by atoms with Crippen LogP contribution in [0.1, 0.15) is 15.9 Å². The average molecular weight is 281 g/mol. The molecule has 0 spiro atoms. The van der Waals surface area contributed by atoms with Gasteiger partial charge in [-0.15, -0.1) is 0 Å². The van der Waals surface area contributed by atoms with Gasteiger partial charge in [0.25, 0.3) is 5.91 Å². The van der Waals surface area contributed by atoms with E-state index in [1.54, 1.807) is 25.6 Å². The molecular formula is C16H15N3O2. The van der Waals surface area contributed by atoms with Crippen molar-refractivity contribution >= 4 is 22.6 Å². The first-order valence-corrected chi connectivity index (χ1v) is 6.65. The van der Waals surface area contributed by atoms with E-state index in [4.69, 9.17) is 4.42 Å².